The van der Waals surface area contributed by atoms with Crippen LogP contribution in [0.25, 0.3) is 0 Å². The van der Waals surface area contributed by atoms with Gasteiger partial charge in [-0.25, -0.2) is 9.80 Å². The van der Waals surface area contributed by atoms with Crippen LogP contribution in [-0.2, 0) is 19.2 Å². The highest BCUT2D eigenvalue weighted by molar-refractivity contribution is 6.35. The Bertz CT molecular complexity index is 891. The Kier molecular flexibility index (Phi) is 6.13. The summed E-state index contributed by atoms with van der Waals surface area (Å²) in [6, 6.07) is 12.2. The number of hydrogen-bond donors (Lipinski definition) is 0. The molecule has 0 saturated carbocycles. The molecule has 0 aliphatic carbocycles. The van der Waals surface area contributed by atoms with Crippen molar-refractivity contribution in [1.82, 2.24) is 5.17 Å². The fourth-order valence-corrected chi connectivity index (χ4v) is 4.24. The number of halogens is 2. The fourth-order valence-electron chi connectivity index (χ4n) is 3.63. The minimum Gasteiger partial charge on any atom is -0.467 e. The highest BCUT2D eigenvalue weighted by atomic mass is 35.5. The lowest BCUT2D eigenvalue weighted by atomic mass is 9.81. The molecule has 2 aromatic carbocycles. The molecule has 2 atom stereocenters. The average molecular weight is 423 g/mol. The van der Waals surface area contributed by atoms with E-state index in [0.29, 0.717) is 22.2 Å². The predicted molar refractivity (Wildman–Crippen MR) is 107 cm³/mol. The molecule has 0 saturated heterocycles. The maximum absolute atomic E-state index is 12.7. The van der Waals surface area contributed by atoms with Crippen molar-refractivity contribution in [2.45, 2.75) is 25.3 Å². The molecule has 28 heavy (non-hydrogen) atoms. The van der Waals surface area contributed by atoms with Gasteiger partial charge >= 0.3 is 5.97 Å². The van der Waals surface area contributed by atoms with Gasteiger partial charge in [0.25, 0.3) is 5.91 Å². The zero-order valence-electron chi connectivity index (χ0n) is 15.7. The molecule has 0 aromatic heterocycles. The molecule has 0 N–H and O–H groups in total. The van der Waals surface area contributed by atoms with Crippen LogP contribution in [0.1, 0.15) is 30.4 Å². The minimum atomic E-state index is -0.805. The Labute approximate surface area is 173 Å². The Morgan fingerprint density at radius 2 is 1.82 bits per heavy atom. The van der Waals surface area contributed by atoms with Crippen LogP contribution >= 0.6 is 23.2 Å². The Balaban J connectivity index is 2.27. The monoisotopic (exact) mass is 422 g/mol. The van der Waals surface area contributed by atoms with Crippen molar-refractivity contribution in [3.8, 4) is 0 Å². The van der Waals surface area contributed by atoms with Crippen molar-refractivity contribution in [1.29, 1.82) is 0 Å². The van der Waals surface area contributed by atoms with Crippen molar-refractivity contribution >= 4 is 40.8 Å². The molecule has 1 amide bonds. The first-order valence-electron chi connectivity index (χ1n) is 8.64. The molecule has 148 valence electrons. The van der Waals surface area contributed by atoms with Crippen molar-refractivity contribution in [3.63, 3.8) is 0 Å². The van der Waals surface area contributed by atoms with Gasteiger partial charge in [-0.1, -0.05) is 53.5 Å². The second kappa shape index (κ2) is 8.39. The molecule has 0 radical (unpaired) electrons. The summed E-state index contributed by atoms with van der Waals surface area (Å²) in [6.07, 6.45) is 0.345. The number of ether oxygens (including phenoxy) is 1. The Morgan fingerprint density at radius 1 is 1.14 bits per heavy atom. The number of nitrogens with zero attached hydrogens (tertiary/aromatic N) is 2. The zero-order chi connectivity index (χ0) is 20.4. The average Bonchev–Trinajstić information content (AvgIpc) is 2.68. The topological polar surface area (TPSA) is 59.1 Å². The molecule has 3 rings (SSSR count). The van der Waals surface area contributed by atoms with Crippen LogP contribution in [0.15, 0.2) is 42.5 Å². The molecule has 1 heterocycles. The Morgan fingerprint density at radius 3 is 2.39 bits per heavy atom. The summed E-state index contributed by atoms with van der Waals surface area (Å²) in [7, 11) is 2.66. The smallest absolute Gasteiger partial charge is 0.330 e. The lowest BCUT2D eigenvalue weighted by Crippen LogP contribution is -2.56. The van der Waals surface area contributed by atoms with E-state index in [0.717, 1.165) is 16.3 Å². The molecule has 8 heteroatoms. The third-order valence-corrected chi connectivity index (χ3v) is 5.27. The first-order valence-corrected chi connectivity index (χ1v) is 9.40. The number of hydrogen-bond acceptors (Lipinski definition) is 5. The number of carbonyl (C=O) groups excluding carboxylic acids is 2. The van der Waals surface area contributed by atoms with E-state index in [1.807, 2.05) is 30.3 Å². The second-order valence-corrected chi connectivity index (χ2v) is 7.22. The maximum Gasteiger partial charge on any atom is 0.330 e. The number of amides is 1. The van der Waals surface area contributed by atoms with E-state index >= 15 is 0 Å². The van der Waals surface area contributed by atoms with E-state index in [9.17, 15) is 9.59 Å². The molecule has 6 nitrogen and oxygen atoms in total. The summed E-state index contributed by atoms with van der Waals surface area (Å²) in [5.41, 5.74) is 2.28. The lowest BCUT2D eigenvalue weighted by Gasteiger charge is -2.44. The van der Waals surface area contributed by atoms with E-state index in [2.05, 4.69) is 0 Å². The highest BCUT2D eigenvalue weighted by Crippen LogP contribution is 2.47. The van der Waals surface area contributed by atoms with E-state index < -0.39 is 17.9 Å². The first-order chi connectivity index (χ1) is 13.4. The quantitative estimate of drug-likeness (QED) is 0.545. The molecule has 1 aliphatic heterocycles. The summed E-state index contributed by atoms with van der Waals surface area (Å²) in [6.45, 7) is 1.34. The van der Waals surface area contributed by atoms with Gasteiger partial charge < -0.3 is 4.74 Å². The molecular weight excluding hydrogens is 403 g/mol. The predicted octanol–water partition coefficient (Wildman–Crippen LogP) is 4.20. The van der Waals surface area contributed by atoms with Crippen LogP contribution in [0.5, 0.6) is 0 Å². The van der Waals surface area contributed by atoms with Crippen LogP contribution in [0.4, 0.5) is 5.69 Å². The fraction of sp³-hybridized carbons (Fsp3) is 0.300. The molecule has 0 fully saturated rings. The largest absolute Gasteiger partial charge is 0.467 e. The van der Waals surface area contributed by atoms with Crippen LogP contribution in [0.3, 0.4) is 0 Å². The van der Waals surface area contributed by atoms with Crippen LogP contribution in [0.2, 0.25) is 10.0 Å². The standard InChI is InChI=1S/C20H20Cl2N2O4/c1-12(25)24(28-3)23-17-10-14(21)9-16(22)19(17)15(11-18(23)20(26)27-2)13-7-5-4-6-8-13/h4-10,15,18H,11H2,1-3H3/t15-,18-/m0/s1. The van der Waals surface area contributed by atoms with Gasteiger partial charge in [-0.2, -0.15) is 0 Å². The van der Waals surface area contributed by atoms with E-state index in [4.69, 9.17) is 32.8 Å². The van der Waals surface area contributed by atoms with Gasteiger partial charge in [-0.05, 0) is 24.1 Å². The van der Waals surface area contributed by atoms with Gasteiger partial charge in [0.2, 0.25) is 0 Å². The number of rotatable bonds is 4. The number of esters is 1. The maximum atomic E-state index is 12.7. The zero-order valence-corrected chi connectivity index (χ0v) is 17.2. The summed E-state index contributed by atoms with van der Waals surface area (Å²) in [5.74, 6) is -1.09. The van der Waals surface area contributed by atoms with Crippen LogP contribution in [0, 0.1) is 0 Å². The summed E-state index contributed by atoms with van der Waals surface area (Å²) < 4.78 is 5.01. The second-order valence-electron chi connectivity index (χ2n) is 6.38. The third-order valence-electron chi connectivity index (χ3n) is 4.74. The molecular formula is C20H20Cl2N2O4. The number of hydrazine groups is 1. The summed E-state index contributed by atoms with van der Waals surface area (Å²) in [4.78, 5) is 30.1. The summed E-state index contributed by atoms with van der Waals surface area (Å²) in [5, 5.41) is 3.31. The van der Waals surface area contributed by atoms with E-state index in [-0.39, 0.29) is 5.92 Å². The number of methoxy groups -OCH3 is 1. The normalized spacial score (nSPS) is 18.4. The van der Waals surface area contributed by atoms with Gasteiger partial charge in [0, 0.05) is 28.5 Å². The van der Waals surface area contributed by atoms with Crippen molar-refractivity contribution in [2.24, 2.45) is 0 Å². The van der Waals surface area contributed by atoms with Gasteiger partial charge in [-0.15, -0.1) is 5.17 Å². The van der Waals surface area contributed by atoms with E-state index in [1.54, 1.807) is 12.1 Å². The van der Waals surface area contributed by atoms with Gasteiger partial charge in [0.05, 0.1) is 19.9 Å². The van der Waals surface area contributed by atoms with Crippen molar-refractivity contribution in [3.05, 3.63) is 63.6 Å². The Hall–Kier alpha value is -2.28. The molecule has 0 unspecified atom stereocenters. The molecule has 0 bridgehead atoms. The van der Waals surface area contributed by atoms with Crippen molar-refractivity contribution in [2.75, 3.05) is 19.2 Å². The highest BCUT2D eigenvalue weighted by Gasteiger charge is 2.43. The third kappa shape index (κ3) is 3.68. The number of benzene rings is 2. The minimum absolute atomic E-state index is 0.188. The first kappa shape index (κ1) is 20.5. The number of carbonyl (C=O) groups is 2. The SMILES string of the molecule is COC(=O)[C@@H]1C[C@@H](c2ccccc2)c2c(Cl)cc(Cl)cc2N1N(OC)C(C)=O. The van der Waals surface area contributed by atoms with Crippen LogP contribution in [-0.4, -0.2) is 37.3 Å². The molecule has 2 aromatic rings. The number of fused-ring (bicyclic) bond motifs is 1. The summed E-state index contributed by atoms with van der Waals surface area (Å²) >= 11 is 12.8. The molecule has 0 spiro atoms. The number of hydroxylamine groups is 1. The number of anilines is 1. The van der Waals surface area contributed by atoms with Crippen LogP contribution < -0.4 is 5.01 Å². The van der Waals surface area contributed by atoms with Crippen molar-refractivity contribution < 1.29 is 19.2 Å². The molecule has 1 aliphatic rings. The van der Waals surface area contributed by atoms with Gasteiger partial charge in [-0.3, -0.25) is 9.63 Å². The van der Waals surface area contributed by atoms with Gasteiger partial charge in [0.15, 0.2) is 6.04 Å². The van der Waals surface area contributed by atoms with E-state index in [1.165, 1.54) is 26.2 Å². The lowest BCUT2D eigenvalue weighted by molar-refractivity contribution is -0.182. The van der Waals surface area contributed by atoms with Gasteiger partial charge in [0.1, 0.15) is 0 Å².